The SMILES string of the molecule is CCNC(=NCc1cc(Cl)c2c(c1)OCCO2)NCc1ccc2c(c1)OCO2.I. The fourth-order valence-electron chi connectivity index (χ4n) is 3.00. The van der Waals surface area contributed by atoms with Crippen LogP contribution in [-0.4, -0.2) is 32.5 Å². The third-order valence-electron chi connectivity index (χ3n) is 4.32. The van der Waals surface area contributed by atoms with Gasteiger partial charge in [-0.15, -0.1) is 24.0 Å². The molecule has 0 unspecified atom stereocenters. The summed E-state index contributed by atoms with van der Waals surface area (Å²) in [7, 11) is 0. The number of nitrogens with zero attached hydrogens (tertiary/aromatic N) is 1. The molecule has 4 rings (SSSR count). The molecule has 2 aliphatic rings. The van der Waals surface area contributed by atoms with Crippen molar-refractivity contribution >= 4 is 41.5 Å². The Morgan fingerprint density at radius 1 is 0.966 bits per heavy atom. The zero-order chi connectivity index (χ0) is 19.3. The van der Waals surface area contributed by atoms with Gasteiger partial charge in [-0.2, -0.15) is 0 Å². The zero-order valence-electron chi connectivity index (χ0n) is 16.0. The van der Waals surface area contributed by atoms with Crippen molar-refractivity contribution in [1.82, 2.24) is 10.6 Å². The molecule has 0 radical (unpaired) electrons. The van der Waals surface area contributed by atoms with Crippen LogP contribution in [0.3, 0.4) is 0 Å². The van der Waals surface area contributed by atoms with Gasteiger partial charge >= 0.3 is 0 Å². The number of hydrogen-bond donors (Lipinski definition) is 2. The summed E-state index contributed by atoms with van der Waals surface area (Å²) >= 11 is 6.30. The van der Waals surface area contributed by atoms with Gasteiger partial charge in [-0.3, -0.25) is 0 Å². The lowest BCUT2D eigenvalue weighted by Gasteiger charge is -2.20. The molecule has 2 aromatic rings. The Bertz CT molecular complexity index is 894. The third-order valence-corrected chi connectivity index (χ3v) is 4.60. The van der Waals surface area contributed by atoms with Gasteiger partial charge in [-0.05, 0) is 42.3 Å². The van der Waals surface area contributed by atoms with Gasteiger partial charge in [-0.25, -0.2) is 4.99 Å². The van der Waals surface area contributed by atoms with Crippen LogP contribution in [0, 0.1) is 0 Å². The molecular weight excluding hydrogens is 509 g/mol. The topological polar surface area (TPSA) is 73.3 Å². The largest absolute Gasteiger partial charge is 0.486 e. The number of nitrogens with one attached hydrogen (secondary N) is 2. The van der Waals surface area contributed by atoms with Crippen molar-refractivity contribution in [2.24, 2.45) is 4.99 Å². The monoisotopic (exact) mass is 531 g/mol. The smallest absolute Gasteiger partial charge is 0.231 e. The fourth-order valence-corrected chi connectivity index (χ4v) is 3.29. The second-order valence-corrected chi connectivity index (χ2v) is 6.75. The van der Waals surface area contributed by atoms with Crippen LogP contribution in [0.4, 0.5) is 0 Å². The van der Waals surface area contributed by atoms with E-state index in [9.17, 15) is 0 Å². The summed E-state index contributed by atoms with van der Waals surface area (Å²) in [4.78, 5) is 4.64. The Morgan fingerprint density at radius 3 is 2.62 bits per heavy atom. The molecule has 9 heteroatoms. The lowest BCUT2D eigenvalue weighted by molar-refractivity contribution is 0.171. The molecule has 0 bridgehead atoms. The highest BCUT2D eigenvalue weighted by molar-refractivity contribution is 14.0. The quantitative estimate of drug-likeness (QED) is 0.348. The lowest BCUT2D eigenvalue weighted by Crippen LogP contribution is -2.36. The molecule has 2 N–H and O–H groups in total. The van der Waals surface area contributed by atoms with E-state index in [1.807, 2.05) is 37.3 Å². The minimum Gasteiger partial charge on any atom is -0.486 e. The summed E-state index contributed by atoms with van der Waals surface area (Å²) in [6.45, 7) is 5.17. The first-order chi connectivity index (χ1) is 13.7. The van der Waals surface area contributed by atoms with Gasteiger partial charge in [0.25, 0.3) is 0 Å². The number of benzene rings is 2. The number of ether oxygens (including phenoxy) is 4. The van der Waals surface area contributed by atoms with Gasteiger partial charge in [0.15, 0.2) is 29.0 Å². The molecule has 0 saturated carbocycles. The second-order valence-electron chi connectivity index (χ2n) is 6.34. The number of hydrogen-bond acceptors (Lipinski definition) is 5. The first kappa shape index (κ1) is 21.6. The highest BCUT2D eigenvalue weighted by atomic mass is 127. The molecule has 0 saturated heterocycles. The molecule has 0 aliphatic carbocycles. The molecule has 0 aromatic heterocycles. The average Bonchev–Trinajstić information content (AvgIpc) is 3.18. The molecule has 0 atom stereocenters. The van der Waals surface area contributed by atoms with E-state index in [0.29, 0.717) is 48.8 Å². The van der Waals surface area contributed by atoms with E-state index in [-0.39, 0.29) is 30.8 Å². The van der Waals surface area contributed by atoms with Crippen LogP contribution >= 0.6 is 35.6 Å². The molecule has 0 amide bonds. The van der Waals surface area contributed by atoms with Crippen LogP contribution in [-0.2, 0) is 13.1 Å². The Kier molecular flexibility index (Phi) is 7.54. The molecule has 2 heterocycles. The number of rotatable bonds is 5. The zero-order valence-corrected chi connectivity index (χ0v) is 19.1. The normalized spacial score (nSPS) is 14.2. The predicted molar refractivity (Wildman–Crippen MR) is 122 cm³/mol. The van der Waals surface area contributed by atoms with Crippen LogP contribution < -0.4 is 29.6 Å². The second kappa shape index (κ2) is 10.1. The van der Waals surface area contributed by atoms with Crippen molar-refractivity contribution in [3.63, 3.8) is 0 Å². The summed E-state index contributed by atoms with van der Waals surface area (Å²) in [5, 5.41) is 7.12. The first-order valence-electron chi connectivity index (χ1n) is 9.21. The van der Waals surface area contributed by atoms with Gasteiger partial charge in [0.05, 0.1) is 11.6 Å². The Hall–Kier alpha value is -2.07. The predicted octanol–water partition coefficient (Wildman–Crippen LogP) is 3.71. The third kappa shape index (κ3) is 5.30. The first-order valence-corrected chi connectivity index (χ1v) is 9.59. The van der Waals surface area contributed by atoms with Crippen molar-refractivity contribution in [3.05, 3.63) is 46.5 Å². The number of aliphatic imine (C=N–C) groups is 1. The Morgan fingerprint density at radius 2 is 1.76 bits per heavy atom. The molecule has 2 aromatic carbocycles. The van der Waals surface area contributed by atoms with Crippen molar-refractivity contribution < 1.29 is 18.9 Å². The number of fused-ring (bicyclic) bond motifs is 2. The van der Waals surface area contributed by atoms with Crippen molar-refractivity contribution in [1.29, 1.82) is 0 Å². The summed E-state index contributed by atoms with van der Waals surface area (Å²) < 4.78 is 22.0. The van der Waals surface area contributed by atoms with Crippen LogP contribution in [0.25, 0.3) is 0 Å². The van der Waals surface area contributed by atoms with Gasteiger partial charge < -0.3 is 29.6 Å². The van der Waals surface area contributed by atoms with E-state index < -0.39 is 0 Å². The van der Waals surface area contributed by atoms with Crippen molar-refractivity contribution in [3.8, 4) is 23.0 Å². The summed E-state index contributed by atoms with van der Waals surface area (Å²) in [6, 6.07) is 9.68. The maximum absolute atomic E-state index is 6.30. The molecular formula is C20H23ClIN3O4. The van der Waals surface area contributed by atoms with Crippen molar-refractivity contribution in [2.75, 3.05) is 26.6 Å². The summed E-state index contributed by atoms with van der Waals surface area (Å²) in [5.74, 6) is 3.54. The van der Waals surface area contributed by atoms with E-state index in [2.05, 4.69) is 15.6 Å². The van der Waals surface area contributed by atoms with Gasteiger partial charge in [-0.1, -0.05) is 17.7 Å². The molecule has 156 valence electrons. The van der Waals surface area contributed by atoms with Gasteiger partial charge in [0.2, 0.25) is 6.79 Å². The maximum atomic E-state index is 6.30. The van der Waals surface area contributed by atoms with Crippen molar-refractivity contribution in [2.45, 2.75) is 20.0 Å². The van der Waals surface area contributed by atoms with Gasteiger partial charge in [0.1, 0.15) is 13.2 Å². The lowest BCUT2D eigenvalue weighted by atomic mass is 10.2. The molecule has 29 heavy (non-hydrogen) atoms. The summed E-state index contributed by atoms with van der Waals surface area (Å²) in [6.07, 6.45) is 0. The molecule has 0 spiro atoms. The van der Waals surface area contributed by atoms with E-state index in [4.69, 9.17) is 30.5 Å². The van der Waals surface area contributed by atoms with Crippen LogP contribution in [0.5, 0.6) is 23.0 Å². The van der Waals surface area contributed by atoms with Crippen LogP contribution in [0.15, 0.2) is 35.3 Å². The van der Waals surface area contributed by atoms with Crippen LogP contribution in [0.2, 0.25) is 5.02 Å². The molecule has 0 fully saturated rings. The fraction of sp³-hybridized carbons (Fsp3) is 0.350. The molecule has 7 nitrogen and oxygen atoms in total. The number of guanidine groups is 1. The minimum absolute atomic E-state index is 0. The minimum atomic E-state index is 0. The Labute approximate surface area is 191 Å². The summed E-state index contributed by atoms with van der Waals surface area (Å²) in [5.41, 5.74) is 2.03. The van der Waals surface area contributed by atoms with E-state index >= 15 is 0 Å². The molecule has 2 aliphatic heterocycles. The highest BCUT2D eigenvalue weighted by Gasteiger charge is 2.17. The van der Waals surface area contributed by atoms with E-state index in [0.717, 1.165) is 29.2 Å². The standard InChI is InChI=1S/C20H22ClN3O4.HI/c1-2-22-20(23-10-13-3-4-16-17(8-13)28-12-27-16)24-11-14-7-15(21)19-18(9-14)25-5-6-26-19;/h3-4,7-9H,2,5-6,10-12H2,1H3,(H2,22,23,24);1H. The highest BCUT2D eigenvalue weighted by Crippen LogP contribution is 2.38. The number of halogens is 2. The maximum Gasteiger partial charge on any atom is 0.231 e. The van der Waals surface area contributed by atoms with Crippen LogP contribution in [0.1, 0.15) is 18.1 Å². The Balaban J connectivity index is 0.00000240. The van der Waals surface area contributed by atoms with E-state index in [1.54, 1.807) is 0 Å². The average molecular weight is 532 g/mol. The van der Waals surface area contributed by atoms with E-state index in [1.165, 1.54) is 0 Å². The van der Waals surface area contributed by atoms with Gasteiger partial charge in [0, 0.05) is 13.1 Å².